The summed E-state index contributed by atoms with van der Waals surface area (Å²) in [6, 6.07) is 3.24. The second kappa shape index (κ2) is 3.69. The van der Waals surface area contributed by atoms with Crippen molar-refractivity contribution in [3.63, 3.8) is 0 Å². The van der Waals surface area contributed by atoms with Crippen LogP contribution in [0.5, 0.6) is 0 Å². The zero-order valence-corrected chi connectivity index (χ0v) is 6.83. The van der Waals surface area contributed by atoms with Crippen LogP contribution in [-0.2, 0) is 0 Å². The minimum absolute atomic E-state index is 0. The SMILES string of the molecule is Cl.O=c1cc(Br)cc[nH]1. The van der Waals surface area contributed by atoms with E-state index in [0.717, 1.165) is 4.47 Å². The Morgan fingerprint density at radius 3 is 2.56 bits per heavy atom. The van der Waals surface area contributed by atoms with Crippen molar-refractivity contribution in [1.82, 2.24) is 4.98 Å². The maximum atomic E-state index is 10.4. The van der Waals surface area contributed by atoms with Gasteiger partial charge in [-0.25, -0.2) is 0 Å². The molecule has 4 heteroatoms. The van der Waals surface area contributed by atoms with Crippen LogP contribution < -0.4 is 5.56 Å². The van der Waals surface area contributed by atoms with E-state index < -0.39 is 0 Å². The third-order valence-corrected chi connectivity index (χ3v) is 1.23. The second-order valence-electron chi connectivity index (χ2n) is 1.37. The molecule has 0 aliphatic carbocycles. The van der Waals surface area contributed by atoms with E-state index in [4.69, 9.17) is 0 Å². The van der Waals surface area contributed by atoms with E-state index in [1.165, 1.54) is 6.07 Å². The smallest absolute Gasteiger partial charge is 0.249 e. The Morgan fingerprint density at radius 1 is 1.56 bits per heavy atom. The van der Waals surface area contributed by atoms with Gasteiger partial charge in [0.15, 0.2) is 0 Å². The van der Waals surface area contributed by atoms with Crippen molar-refractivity contribution >= 4 is 28.3 Å². The van der Waals surface area contributed by atoms with Crippen molar-refractivity contribution in [1.29, 1.82) is 0 Å². The average molecular weight is 210 g/mol. The molecule has 2 nitrogen and oxygen atoms in total. The van der Waals surface area contributed by atoms with Gasteiger partial charge >= 0.3 is 0 Å². The molecule has 0 fully saturated rings. The van der Waals surface area contributed by atoms with E-state index in [0.29, 0.717) is 0 Å². The normalized spacial score (nSPS) is 8.11. The highest BCUT2D eigenvalue weighted by atomic mass is 79.9. The van der Waals surface area contributed by atoms with Crippen molar-refractivity contribution in [3.8, 4) is 0 Å². The molecule has 0 saturated carbocycles. The topological polar surface area (TPSA) is 32.9 Å². The van der Waals surface area contributed by atoms with E-state index in [9.17, 15) is 4.79 Å². The fourth-order valence-corrected chi connectivity index (χ4v) is 0.759. The molecule has 1 aromatic rings. The Balaban J connectivity index is 0.000000640. The zero-order chi connectivity index (χ0) is 5.98. The molecule has 0 amide bonds. The maximum absolute atomic E-state index is 10.4. The fraction of sp³-hybridized carbons (Fsp3) is 0. The third kappa shape index (κ3) is 2.67. The quantitative estimate of drug-likeness (QED) is 0.693. The molecular weight excluding hydrogens is 205 g/mol. The molecule has 0 aliphatic rings. The number of aromatic nitrogens is 1. The highest BCUT2D eigenvalue weighted by Gasteiger charge is 1.82. The van der Waals surface area contributed by atoms with Crippen LogP contribution in [0.25, 0.3) is 0 Å². The highest BCUT2D eigenvalue weighted by molar-refractivity contribution is 9.10. The summed E-state index contributed by atoms with van der Waals surface area (Å²) in [6.07, 6.45) is 1.59. The summed E-state index contributed by atoms with van der Waals surface area (Å²) in [5.74, 6) is 0. The van der Waals surface area contributed by atoms with E-state index in [1.54, 1.807) is 12.3 Å². The predicted octanol–water partition coefficient (Wildman–Crippen LogP) is 1.56. The molecule has 9 heavy (non-hydrogen) atoms. The van der Waals surface area contributed by atoms with Crippen LogP contribution in [0.15, 0.2) is 27.6 Å². The number of nitrogens with one attached hydrogen (secondary N) is 1. The Hall–Kier alpha value is -0.280. The van der Waals surface area contributed by atoms with Crippen LogP contribution >= 0.6 is 28.3 Å². The molecule has 0 aliphatic heterocycles. The van der Waals surface area contributed by atoms with E-state index in [2.05, 4.69) is 20.9 Å². The molecule has 0 radical (unpaired) electrons. The van der Waals surface area contributed by atoms with Gasteiger partial charge in [-0.1, -0.05) is 15.9 Å². The van der Waals surface area contributed by atoms with Crippen molar-refractivity contribution < 1.29 is 0 Å². The molecule has 1 aromatic heterocycles. The van der Waals surface area contributed by atoms with Gasteiger partial charge in [0.1, 0.15) is 0 Å². The third-order valence-electron chi connectivity index (χ3n) is 0.737. The molecule has 1 rings (SSSR count). The fourth-order valence-electron chi connectivity index (χ4n) is 0.418. The first-order chi connectivity index (χ1) is 3.79. The Kier molecular flexibility index (Phi) is 3.58. The lowest BCUT2D eigenvalue weighted by molar-refractivity contribution is 1.23. The lowest BCUT2D eigenvalue weighted by Crippen LogP contribution is -2.00. The number of pyridine rings is 1. The van der Waals surface area contributed by atoms with Crippen molar-refractivity contribution in [2.24, 2.45) is 0 Å². The van der Waals surface area contributed by atoms with Crippen molar-refractivity contribution in [2.45, 2.75) is 0 Å². The summed E-state index contributed by atoms with van der Waals surface area (Å²) in [5.41, 5.74) is -0.0839. The minimum atomic E-state index is -0.0839. The van der Waals surface area contributed by atoms with Crippen molar-refractivity contribution in [3.05, 3.63) is 33.2 Å². The number of hydrogen-bond acceptors (Lipinski definition) is 1. The standard InChI is InChI=1S/C5H4BrNO.ClH/c6-4-1-2-7-5(8)3-4;/h1-3H,(H,7,8);1H. The molecule has 0 unspecified atom stereocenters. The Labute approximate surface area is 66.8 Å². The summed E-state index contributed by atoms with van der Waals surface area (Å²) in [7, 11) is 0. The molecule has 0 saturated heterocycles. The summed E-state index contributed by atoms with van der Waals surface area (Å²) in [5, 5.41) is 0. The number of hydrogen-bond donors (Lipinski definition) is 1. The van der Waals surface area contributed by atoms with Gasteiger partial charge in [-0.15, -0.1) is 12.4 Å². The van der Waals surface area contributed by atoms with Crippen LogP contribution in [0.4, 0.5) is 0 Å². The molecular formula is C5H5BrClNO. The lowest BCUT2D eigenvalue weighted by atomic mass is 10.5. The number of aromatic amines is 1. The maximum Gasteiger partial charge on any atom is 0.249 e. The molecule has 0 spiro atoms. The van der Waals surface area contributed by atoms with Gasteiger partial charge in [-0.05, 0) is 6.07 Å². The summed E-state index contributed by atoms with van der Waals surface area (Å²) >= 11 is 3.14. The van der Waals surface area contributed by atoms with Gasteiger partial charge in [-0.3, -0.25) is 4.79 Å². The van der Waals surface area contributed by atoms with Gasteiger partial charge in [0.05, 0.1) is 0 Å². The minimum Gasteiger partial charge on any atom is -0.329 e. The molecule has 0 aromatic carbocycles. The monoisotopic (exact) mass is 209 g/mol. The Morgan fingerprint density at radius 2 is 2.22 bits per heavy atom. The zero-order valence-electron chi connectivity index (χ0n) is 4.43. The number of halogens is 2. The lowest BCUT2D eigenvalue weighted by Gasteiger charge is -1.81. The summed E-state index contributed by atoms with van der Waals surface area (Å²) < 4.78 is 0.807. The summed E-state index contributed by atoms with van der Waals surface area (Å²) in [6.45, 7) is 0. The largest absolute Gasteiger partial charge is 0.329 e. The first-order valence-corrected chi connectivity index (χ1v) is 2.92. The molecule has 0 atom stereocenters. The molecule has 1 N–H and O–H groups in total. The second-order valence-corrected chi connectivity index (χ2v) is 2.29. The van der Waals surface area contributed by atoms with Crippen LogP contribution in [-0.4, -0.2) is 4.98 Å². The number of H-pyrrole nitrogens is 1. The summed E-state index contributed by atoms with van der Waals surface area (Å²) in [4.78, 5) is 12.9. The number of rotatable bonds is 0. The van der Waals surface area contributed by atoms with Gasteiger partial charge in [0, 0.05) is 16.7 Å². The van der Waals surface area contributed by atoms with Gasteiger partial charge < -0.3 is 4.98 Å². The first kappa shape index (κ1) is 8.72. The van der Waals surface area contributed by atoms with Gasteiger partial charge in [-0.2, -0.15) is 0 Å². The molecule has 50 valence electrons. The van der Waals surface area contributed by atoms with E-state index in [-0.39, 0.29) is 18.0 Å². The van der Waals surface area contributed by atoms with Crippen LogP contribution in [0.2, 0.25) is 0 Å². The van der Waals surface area contributed by atoms with Gasteiger partial charge in [0.25, 0.3) is 0 Å². The molecule has 0 bridgehead atoms. The van der Waals surface area contributed by atoms with Crippen LogP contribution in [0.3, 0.4) is 0 Å². The van der Waals surface area contributed by atoms with Crippen LogP contribution in [0, 0.1) is 0 Å². The average Bonchev–Trinajstić information content (AvgIpc) is 1.64. The highest BCUT2D eigenvalue weighted by Crippen LogP contribution is 2.01. The Bertz CT molecular complexity index is 234. The first-order valence-electron chi connectivity index (χ1n) is 2.13. The van der Waals surface area contributed by atoms with Crippen LogP contribution in [0.1, 0.15) is 0 Å². The predicted molar refractivity (Wildman–Crippen MR) is 42.0 cm³/mol. The van der Waals surface area contributed by atoms with E-state index >= 15 is 0 Å². The van der Waals surface area contributed by atoms with Gasteiger partial charge in [0.2, 0.25) is 5.56 Å². The van der Waals surface area contributed by atoms with E-state index in [1.807, 2.05) is 0 Å². The molecule has 1 heterocycles. The van der Waals surface area contributed by atoms with Crippen molar-refractivity contribution in [2.75, 3.05) is 0 Å².